The summed E-state index contributed by atoms with van der Waals surface area (Å²) in [6.07, 6.45) is 6.79. The zero-order valence-electron chi connectivity index (χ0n) is 10.1. The van der Waals surface area contributed by atoms with Crippen LogP contribution >= 0.6 is 11.6 Å². The lowest BCUT2D eigenvalue weighted by atomic mass is 10.1. The molecule has 0 aromatic carbocycles. The Morgan fingerprint density at radius 2 is 2.41 bits per heavy atom. The van der Waals surface area contributed by atoms with Gasteiger partial charge in [-0.1, -0.05) is 0 Å². The van der Waals surface area contributed by atoms with Crippen molar-refractivity contribution in [2.24, 2.45) is 0 Å². The van der Waals surface area contributed by atoms with Gasteiger partial charge in [-0.05, 0) is 43.4 Å². The highest BCUT2D eigenvalue weighted by Gasteiger charge is 2.14. The number of hydrogen-bond donors (Lipinski definition) is 0. The van der Waals surface area contributed by atoms with Crippen LogP contribution in [0.2, 0.25) is 5.28 Å². The second kappa shape index (κ2) is 6.17. The molecule has 94 valence electrons. The van der Waals surface area contributed by atoms with Gasteiger partial charge in [0.1, 0.15) is 5.82 Å². The first-order valence-corrected chi connectivity index (χ1v) is 6.45. The summed E-state index contributed by atoms with van der Waals surface area (Å²) < 4.78 is 5.70. The first-order chi connectivity index (χ1) is 8.25. The van der Waals surface area contributed by atoms with Crippen LogP contribution in [0.5, 0.6) is 0 Å². The van der Waals surface area contributed by atoms with E-state index in [-0.39, 0.29) is 0 Å². The van der Waals surface area contributed by atoms with E-state index in [2.05, 4.69) is 14.9 Å². The predicted molar refractivity (Wildman–Crippen MR) is 68.5 cm³/mol. The minimum Gasteiger partial charge on any atom is -0.378 e. The van der Waals surface area contributed by atoms with Gasteiger partial charge in [0.05, 0.1) is 6.10 Å². The quantitative estimate of drug-likeness (QED) is 0.775. The zero-order chi connectivity index (χ0) is 12.1. The molecule has 1 aliphatic rings. The van der Waals surface area contributed by atoms with E-state index in [1.165, 1.54) is 19.3 Å². The summed E-state index contributed by atoms with van der Waals surface area (Å²) >= 11 is 5.76. The molecule has 0 aliphatic carbocycles. The molecule has 4 nitrogen and oxygen atoms in total. The Bertz CT molecular complexity index is 355. The Kier molecular flexibility index (Phi) is 4.57. The smallest absolute Gasteiger partial charge is 0.224 e. The highest BCUT2D eigenvalue weighted by Crippen LogP contribution is 2.17. The SMILES string of the molecule is CN(CCC1CCCCO1)c1ccnc(Cl)n1. The van der Waals surface area contributed by atoms with Crippen molar-refractivity contribution in [2.75, 3.05) is 25.1 Å². The number of nitrogens with zero attached hydrogens (tertiary/aromatic N) is 3. The van der Waals surface area contributed by atoms with Crippen LogP contribution in [0.25, 0.3) is 0 Å². The van der Waals surface area contributed by atoms with Gasteiger partial charge in [-0.25, -0.2) is 9.97 Å². The number of rotatable bonds is 4. The monoisotopic (exact) mass is 255 g/mol. The van der Waals surface area contributed by atoms with Crippen LogP contribution in [0.15, 0.2) is 12.3 Å². The van der Waals surface area contributed by atoms with E-state index >= 15 is 0 Å². The van der Waals surface area contributed by atoms with Crippen molar-refractivity contribution in [1.82, 2.24) is 9.97 Å². The molecule has 1 unspecified atom stereocenters. The molecule has 1 aromatic rings. The zero-order valence-corrected chi connectivity index (χ0v) is 10.9. The van der Waals surface area contributed by atoms with Crippen LogP contribution in [0.1, 0.15) is 25.7 Å². The number of ether oxygens (including phenoxy) is 1. The van der Waals surface area contributed by atoms with Crippen LogP contribution in [0.4, 0.5) is 5.82 Å². The van der Waals surface area contributed by atoms with Crippen molar-refractivity contribution in [3.8, 4) is 0 Å². The maximum absolute atomic E-state index is 5.76. The van der Waals surface area contributed by atoms with Crippen molar-refractivity contribution in [3.05, 3.63) is 17.5 Å². The average Bonchev–Trinajstić information content (AvgIpc) is 2.37. The second-order valence-electron chi connectivity index (χ2n) is 4.38. The van der Waals surface area contributed by atoms with E-state index in [0.717, 1.165) is 25.4 Å². The fourth-order valence-corrected chi connectivity index (χ4v) is 2.17. The Morgan fingerprint density at radius 1 is 1.53 bits per heavy atom. The molecule has 0 spiro atoms. The third-order valence-corrected chi connectivity index (χ3v) is 3.25. The van der Waals surface area contributed by atoms with Gasteiger partial charge < -0.3 is 9.64 Å². The van der Waals surface area contributed by atoms with Crippen LogP contribution in [-0.4, -0.2) is 36.3 Å². The molecule has 1 atom stereocenters. The van der Waals surface area contributed by atoms with Crippen molar-refractivity contribution >= 4 is 17.4 Å². The number of hydrogen-bond acceptors (Lipinski definition) is 4. The second-order valence-corrected chi connectivity index (χ2v) is 4.72. The molecule has 1 aliphatic heterocycles. The Labute approximate surface area is 107 Å². The highest BCUT2D eigenvalue weighted by molar-refractivity contribution is 6.28. The molecule has 5 heteroatoms. The Balaban J connectivity index is 1.82. The van der Waals surface area contributed by atoms with E-state index in [9.17, 15) is 0 Å². The van der Waals surface area contributed by atoms with Gasteiger partial charge in [0.2, 0.25) is 5.28 Å². The van der Waals surface area contributed by atoms with Crippen molar-refractivity contribution in [3.63, 3.8) is 0 Å². The molecule has 0 N–H and O–H groups in total. The molecule has 2 heterocycles. The molecule has 0 amide bonds. The molecule has 0 bridgehead atoms. The van der Waals surface area contributed by atoms with Crippen LogP contribution < -0.4 is 4.90 Å². The van der Waals surface area contributed by atoms with E-state index in [1.807, 2.05) is 13.1 Å². The lowest BCUT2D eigenvalue weighted by Crippen LogP contribution is -2.27. The summed E-state index contributed by atoms with van der Waals surface area (Å²) in [7, 11) is 2.02. The molecule has 17 heavy (non-hydrogen) atoms. The van der Waals surface area contributed by atoms with Crippen molar-refractivity contribution < 1.29 is 4.74 Å². The first-order valence-electron chi connectivity index (χ1n) is 6.07. The van der Waals surface area contributed by atoms with E-state index in [1.54, 1.807) is 6.20 Å². The maximum atomic E-state index is 5.76. The van der Waals surface area contributed by atoms with E-state index in [4.69, 9.17) is 16.3 Å². The van der Waals surface area contributed by atoms with Gasteiger partial charge in [0.25, 0.3) is 0 Å². The molecule has 0 radical (unpaired) electrons. The van der Waals surface area contributed by atoms with E-state index < -0.39 is 0 Å². The van der Waals surface area contributed by atoms with Crippen LogP contribution in [0.3, 0.4) is 0 Å². The summed E-state index contributed by atoms with van der Waals surface area (Å²) in [5.41, 5.74) is 0. The Morgan fingerprint density at radius 3 is 3.12 bits per heavy atom. The molecule has 2 rings (SSSR count). The number of halogens is 1. The lowest BCUT2D eigenvalue weighted by Gasteiger charge is -2.25. The van der Waals surface area contributed by atoms with Gasteiger partial charge >= 0.3 is 0 Å². The van der Waals surface area contributed by atoms with Gasteiger partial charge in [-0.2, -0.15) is 0 Å². The largest absolute Gasteiger partial charge is 0.378 e. The average molecular weight is 256 g/mol. The van der Waals surface area contributed by atoms with Crippen LogP contribution in [-0.2, 0) is 4.74 Å². The molecule has 1 saturated heterocycles. The van der Waals surface area contributed by atoms with Gasteiger partial charge in [-0.3, -0.25) is 0 Å². The fraction of sp³-hybridized carbons (Fsp3) is 0.667. The molecule has 0 saturated carbocycles. The van der Waals surface area contributed by atoms with Gasteiger partial charge in [-0.15, -0.1) is 0 Å². The molecular formula is C12H18ClN3O. The summed E-state index contributed by atoms with van der Waals surface area (Å²) in [4.78, 5) is 10.1. The molecular weight excluding hydrogens is 238 g/mol. The molecule has 1 aromatic heterocycles. The standard InChI is InChI=1S/C12H18ClN3O/c1-16(11-5-7-14-12(13)15-11)8-6-10-4-2-3-9-17-10/h5,7,10H,2-4,6,8-9H2,1H3. The number of anilines is 1. The van der Waals surface area contributed by atoms with Gasteiger partial charge in [0, 0.05) is 26.4 Å². The van der Waals surface area contributed by atoms with Gasteiger partial charge in [0.15, 0.2) is 0 Å². The lowest BCUT2D eigenvalue weighted by molar-refractivity contribution is 0.0126. The van der Waals surface area contributed by atoms with Crippen molar-refractivity contribution in [2.45, 2.75) is 31.8 Å². The Hall–Kier alpha value is -0.870. The minimum absolute atomic E-state index is 0.295. The number of aromatic nitrogens is 2. The topological polar surface area (TPSA) is 38.2 Å². The third kappa shape index (κ3) is 3.82. The molecule has 1 fully saturated rings. The minimum atomic E-state index is 0.295. The summed E-state index contributed by atoms with van der Waals surface area (Å²) in [6, 6.07) is 1.87. The highest BCUT2D eigenvalue weighted by atomic mass is 35.5. The maximum Gasteiger partial charge on any atom is 0.224 e. The van der Waals surface area contributed by atoms with E-state index in [0.29, 0.717) is 11.4 Å². The third-order valence-electron chi connectivity index (χ3n) is 3.06. The summed E-state index contributed by atoms with van der Waals surface area (Å²) in [6.45, 7) is 1.84. The normalized spacial score (nSPS) is 20.2. The fourth-order valence-electron chi connectivity index (χ4n) is 2.03. The predicted octanol–water partition coefficient (Wildman–Crippen LogP) is 2.53. The van der Waals surface area contributed by atoms with Crippen molar-refractivity contribution in [1.29, 1.82) is 0 Å². The first kappa shape index (κ1) is 12.6. The summed E-state index contributed by atoms with van der Waals surface area (Å²) in [5, 5.41) is 0.295. The van der Waals surface area contributed by atoms with Crippen LogP contribution in [0, 0.1) is 0 Å². The summed E-state index contributed by atoms with van der Waals surface area (Å²) in [5.74, 6) is 0.862.